The van der Waals surface area contributed by atoms with Crippen molar-refractivity contribution in [3.8, 4) is 0 Å². The fourth-order valence-electron chi connectivity index (χ4n) is 6.26. The zero-order chi connectivity index (χ0) is 23.1. The summed E-state index contributed by atoms with van der Waals surface area (Å²) in [5.41, 5.74) is 1.22. The van der Waals surface area contributed by atoms with Gasteiger partial charge in [-0.1, -0.05) is 18.2 Å². The van der Waals surface area contributed by atoms with Gasteiger partial charge in [-0.3, -0.25) is 14.2 Å². The molecule has 2 fully saturated rings. The van der Waals surface area contributed by atoms with E-state index in [1.165, 1.54) is 54.3 Å². The quantitative estimate of drug-likeness (QED) is 0.439. The van der Waals surface area contributed by atoms with Crippen molar-refractivity contribution in [3.05, 3.63) is 20.8 Å². The number of thioether (sulfide) groups is 1. The second kappa shape index (κ2) is 9.70. The van der Waals surface area contributed by atoms with E-state index in [0.717, 1.165) is 41.3 Å². The summed E-state index contributed by atoms with van der Waals surface area (Å²) in [5.74, 6) is 2.29. The lowest BCUT2D eigenvalue weighted by atomic mass is 9.84. The molecule has 2 aromatic heterocycles. The van der Waals surface area contributed by atoms with Crippen molar-refractivity contribution >= 4 is 39.2 Å². The zero-order valence-electron chi connectivity index (χ0n) is 19.9. The van der Waals surface area contributed by atoms with Gasteiger partial charge in [0.15, 0.2) is 5.16 Å². The first-order chi connectivity index (χ1) is 16.0. The monoisotopic (exact) mass is 489 g/mol. The number of hydrogen-bond donors (Lipinski definition) is 1. The van der Waals surface area contributed by atoms with Gasteiger partial charge < -0.3 is 10.1 Å². The summed E-state index contributed by atoms with van der Waals surface area (Å²) >= 11 is 3.06. The van der Waals surface area contributed by atoms with Crippen LogP contribution in [-0.4, -0.2) is 40.5 Å². The molecule has 2 aromatic rings. The van der Waals surface area contributed by atoms with Crippen molar-refractivity contribution in [2.75, 3.05) is 13.7 Å². The summed E-state index contributed by atoms with van der Waals surface area (Å²) in [4.78, 5) is 33.7. The Morgan fingerprint density at radius 1 is 1.27 bits per heavy atom. The highest BCUT2D eigenvalue weighted by Gasteiger charge is 2.42. The predicted octanol–water partition coefficient (Wildman–Crippen LogP) is 4.40. The second-order valence-electron chi connectivity index (χ2n) is 10.1. The average Bonchev–Trinajstić information content (AvgIpc) is 3.52. The number of rotatable bonds is 8. The molecule has 5 unspecified atom stereocenters. The summed E-state index contributed by atoms with van der Waals surface area (Å²) in [5, 5.41) is 4.38. The molecule has 1 amide bonds. The molecule has 5 atom stereocenters. The Kier molecular flexibility index (Phi) is 6.87. The van der Waals surface area contributed by atoms with Gasteiger partial charge in [0.2, 0.25) is 5.91 Å². The molecule has 2 heterocycles. The third-order valence-electron chi connectivity index (χ3n) is 8.02. The second-order valence-corrected chi connectivity index (χ2v) is 12.5. The third-order valence-corrected chi connectivity index (χ3v) is 10.3. The first-order valence-corrected chi connectivity index (χ1v) is 14.2. The number of aromatic nitrogens is 2. The Bertz CT molecular complexity index is 1090. The number of fused-ring (bicyclic) bond motifs is 5. The topological polar surface area (TPSA) is 73.2 Å². The van der Waals surface area contributed by atoms with Crippen LogP contribution < -0.4 is 10.9 Å². The van der Waals surface area contributed by atoms with Gasteiger partial charge >= 0.3 is 0 Å². The molecule has 180 valence electrons. The number of aryl methyl sites for hydroxylation is 2. The van der Waals surface area contributed by atoms with Crippen LogP contribution in [0.2, 0.25) is 0 Å². The molecule has 0 aliphatic heterocycles. The molecule has 33 heavy (non-hydrogen) atoms. The number of hydrogen-bond acceptors (Lipinski definition) is 6. The number of ether oxygens (including phenoxy) is 1. The van der Waals surface area contributed by atoms with Crippen LogP contribution in [0.15, 0.2) is 9.95 Å². The molecule has 2 saturated carbocycles. The largest absolute Gasteiger partial charge is 0.383 e. The number of nitrogens with one attached hydrogen (secondary N) is 1. The summed E-state index contributed by atoms with van der Waals surface area (Å²) in [6, 6.07) is 0.200. The van der Waals surface area contributed by atoms with Gasteiger partial charge in [-0.15, -0.1) is 11.3 Å². The number of carbonyl (C=O) groups excluding carboxylic acids is 1. The molecule has 5 rings (SSSR count). The molecule has 0 spiro atoms. The smallest absolute Gasteiger partial charge is 0.263 e. The highest BCUT2D eigenvalue weighted by Crippen LogP contribution is 2.49. The van der Waals surface area contributed by atoms with E-state index in [1.54, 1.807) is 23.0 Å². The van der Waals surface area contributed by atoms with Crippen molar-refractivity contribution in [2.24, 2.45) is 17.8 Å². The summed E-state index contributed by atoms with van der Waals surface area (Å²) in [7, 11) is 1.64. The maximum absolute atomic E-state index is 13.5. The van der Waals surface area contributed by atoms with Gasteiger partial charge in [0.25, 0.3) is 5.56 Å². The first kappa shape index (κ1) is 23.4. The van der Waals surface area contributed by atoms with E-state index in [1.807, 2.05) is 6.92 Å². The minimum absolute atomic E-state index is 0.0157. The van der Waals surface area contributed by atoms with E-state index in [2.05, 4.69) is 12.2 Å². The zero-order valence-corrected chi connectivity index (χ0v) is 21.5. The summed E-state index contributed by atoms with van der Waals surface area (Å²) in [6.07, 6.45) is 9.59. The van der Waals surface area contributed by atoms with Crippen molar-refractivity contribution in [1.29, 1.82) is 0 Å². The number of amides is 1. The first-order valence-electron chi connectivity index (χ1n) is 12.5. The van der Waals surface area contributed by atoms with Crippen LogP contribution >= 0.6 is 23.1 Å². The van der Waals surface area contributed by atoms with Gasteiger partial charge in [-0.25, -0.2) is 4.98 Å². The molecule has 6 nitrogen and oxygen atoms in total. The van der Waals surface area contributed by atoms with E-state index in [4.69, 9.17) is 9.72 Å². The fraction of sp³-hybridized carbons (Fsp3) is 0.720. The standard InChI is InChI=1S/C25H35N3O3S2/c1-14(19-13-16-8-9-17(19)12-16)26-22(29)15(2)32-25-27-23-21(24(30)28(25)10-11-31-3)18-6-4-5-7-20(18)33-23/h14-17,19H,4-13H2,1-3H3,(H,26,29). The Hall–Kier alpha value is -1.38. The van der Waals surface area contributed by atoms with Crippen LogP contribution in [0.3, 0.4) is 0 Å². The predicted molar refractivity (Wildman–Crippen MR) is 134 cm³/mol. The third kappa shape index (κ3) is 4.50. The number of carbonyl (C=O) groups is 1. The lowest BCUT2D eigenvalue weighted by Crippen LogP contribution is -2.43. The highest BCUT2D eigenvalue weighted by atomic mass is 32.2. The van der Waals surface area contributed by atoms with Gasteiger partial charge in [-0.05, 0) is 82.1 Å². The molecule has 0 saturated heterocycles. The molecule has 1 N–H and O–H groups in total. The molecular weight excluding hydrogens is 454 g/mol. The molecule has 3 aliphatic rings. The SMILES string of the molecule is COCCn1c(SC(C)C(=O)NC(C)C2CC3CCC2C3)nc2sc3c(c2c1=O)CCCC3. The Morgan fingerprint density at radius 3 is 2.82 bits per heavy atom. The van der Waals surface area contributed by atoms with Crippen LogP contribution in [0.1, 0.15) is 62.8 Å². The molecule has 3 aliphatic carbocycles. The van der Waals surface area contributed by atoms with Gasteiger partial charge in [0, 0.05) is 18.0 Å². The molecule has 0 aromatic carbocycles. The molecular formula is C25H35N3O3S2. The minimum Gasteiger partial charge on any atom is -0.383 e. The van der Waals surface area contributed by atoms with Crippen LogP contribution in [0, 0.1) is 17.8 Å². The van der Waals surface area contributed by atoms with Crippen molar-refractivity contribution in [3.63, 3.8) is 0 Å². The molecule has 0 radical (unpaired) electrons. The molecule has 8 heteroatoms. The fourth-order valence-corrected chi connectivity index (χ4v) is 8.50. The van der Waals surface area contributed by atoms with Crippen molar-refractivity contribution in [1.82, 2.24) is 14.9 Å². The summed E-state index contributed by atoms with van der Waals surface area (Å²) < 4.78 is 7.00. The maximum atomic E-state index is 13.5. The lowest BCUT2D eigenvalue weighted by molar-refractivity contribution is -0.121. The number of nitrogens with zero attached hydrogens (tertiary/aromatic N) is 2. The normalized spacial score (nSPS) is 25.8. The Labute approximate surface area is 203 Å². The van der Waals surface area contributed by atoms with Crippen molar-refractivity contribution < 1.29 is 9.53 Å². The van der Waals surface area contributed by atoms with Crippen LogP contribution in [0.25, 0.3) is 10.2 Å². The van der Waals surface area contributed by atoms with Crippen LogP contribution in [0.5, 0.6) is 0 Å². The van der Waals surface area contributed by atoms with E-state index >= 15 is 0 Å². The van der Waals surface area contributed by atoms with Gasteiger partial charge in [-0.2, -0.15) is 0 Å². The minimum atomic E-state index is -0.321. The van der Waals surface area contributed by atoms with E-state index < -0.39 is 0 Å². The van der Waals surface area contributed by atoms with E-state index in [9.17, 15) is 9.59 Å². The summed E-state index contributed by atoms with van der Waals surface area (Å²) in [6.45, 7) is 4.97. The lowest BCUT2D eigenvalue weighted by Gasteiger charge is -2.29. The van der Waals surface area contributed by atoms with E-state index in [0.29, 0.717) is 24.2 Å². The maximum Gasteiger partial charge on any atom is 0.263 e. The highest BCUT2D eigenvalue weighted by molar-refractivity contribution is 8.00. The van der Waals surface area contributed by atoms with Crippen molar-refractivity contribution in [2.45, 2.75) is 88.2 Å². The number of thiophene rings is 1. The Balaban J connectivity index is 1.36. The average molecular weight is 490 g/mol. The van der Waals surface area contributed by atoms with Crippen LogP contribution in [-0.2, 0) is 28.9 Å². The van der Waals surface area contributed by atoms with E-state index in [-0.39, 0.29) is 22.8 Å². The number of methoxy groups -OCH3 is 1. The molecule has 2 bridgehead atoms. The van der Waals surface area contributed by atoms with Gasteiger partial charge in [0.05, 0.1) is 23.8 Å². The Morgan fingerprint density at radius 2 is 2.09 bits per heavy atom. The van der Waals surface area contributed by atoms with Crippen LogP contribution in [0.4, 0.5) is 0 Å². The van der Waals surface area contributed by atoms with Gasteiger partial charge in [0.1, 0.15) is 4.83 Å².